The van der Waals surface area contributed by atoms with E-state index in [2.05, 4.69) is 20.9 Å². The average Bonchev–Trinajstić information content (AvgIpc) is 2.39. The Morgan fingerprint density at radius 2 is 1.88 bits per heavy atom. The van der Waals surface area contributed by atoms with E-state index in [9.17, 15) is 4.79 Å². The van der Waals surface area contributed by atoms with Gasteiger partial charge in [-0.05, 0) is 40.2 Å². The molecule has 0 aliphatic carbocycles. The topological polar surface area (TPSA) is 33.2 Å². The summed E-state index contributed by atoms with van der Waals surface area (Å²) in [5.41, 5.74) is 1.43. The molecule has 2 aromatic rings. The first-order valence-corrected chi connectivity index (χ1v) is 5.92. The average molecular weight is 291 g/mol. The van der Waals surface area contributed by atoms with Gasteiger partial charge in [0.25, 0.3) is 5.91 Å². The molecule has 1 heterocycles. The molecule has 3 nitrogen and oxygen atoms in total. The fraction of sp³-hybridized carbons (Fsp3) is 0.0769. The van der Waals surface area contributed by atoms with Gasteiger partial charge in [-0.1, -0.05) is 18.2 Å². The molecule has 0 unspecified atom stereocenters. The van der Waals surface area contributed by atoms with E-state index in [1.165, 1.54) is 0 Å². The highest BCUT2D eigenvalue weighted by Gasteiger charge is 2.13. The van der Waals surface area contributed by atoms with Gasteiger partial charge in [-0.2, -0.15) is 0 Å². The van der Waals surface area contributed by atoms with E-state index in [-0.39, 0.29) is 5.91 Å². The number of carbonyl (C=O) groups excluding carboxylic acids is 1. The lowest BCUT2D eigenvalue weighted by Crippen LogP contribution is -2.26. The molecule has 0 radical (unpaired) electrons. The van der Waals surface area contributed by atoms with Crippen molar-refractivity contribution in [1.82, 2.24) is 4.98 Å². The van der Waals surface area contributed by atoms with Crippen LogP contribution in [-0.4, -0.2) is 17.9 Å². The summed E-state index contributed by atoms with van der Waals surface area (Å²) in [6, 6.07) is 13.0. The molecule has 86 valence electrons. The second-order valence-electron chi connectivity index (χ2n) is 3.57. The van der Waals surface area contributed by atoms with Gasteiger partial charge in [0.2, 0.25) is 0 Å². The Labute approximate surface area is 108 Å². The Hall–Kier alpha value is -1.68. The quantitative estimate of drug-likeness (QED) is 0.796. The Bertz CT molecular complexity index is 511. The van der Waals surface area contributed by atoms with E-state index in [0.29, 0.717) is 5.56 Å². The van der Waals surface area contributed by atoms with E-state index < -0.39 is 0 Å². The van der Waals surface area contributed by atoms with Crippen LogP contribution in [0.25, 0.3) is 0 Å². The van der Waals surface area contributed by atoms with E-state index >= 15 is 0 Å². The molecule has 0 saturated carbocycles. The number of benzene rings is 1. The molecule has 1 aromatic carbocycles. The zero-order valence-corrected chi connectivity index (χ0v) is 10.9. The maximum Gasteiger partial charge on any atom is 0.259 e. The summed E-state index contributed by atoms with van der Waals surface area (Å²) in [5, 5.41) is 0. The number of pyridine rings is 1. The standard InChI is InChI=1S/C13H11BrN2O/c1-16(11-5-3-2-4-6-11)13(17)10-7-8-12(14)15-9-10/h2-9H,1H3. The minimum atomic E-state index is -0.0730. The van der Waals surface area contributed by atoms with Crippen LogP contribution in [0.2, 0.25) is 0 Å². The smallest absolute Gasteiger partial charge is 0.259 e. The zero-order valence-electron chi connectivity index (χ0n) is 9.30. The second kappa shape index (κ2) is 5.10. The lowest BCUT2D eigenvalue weighted by molar-refractivity contribution is 0.0992. The third-order valence-electron chi connectivity index (χ3n) is 2.42. The van der Waals surface area contributed by atoms with Gasteiger partial charge in [0, 0.05) is 18.9 Å². The molecule has 0 fully saturated rings. The van der Waals surface area contributed by atoms with Crippen molar-refractivity contribution in [2.45, 2.75) is 0 Å². The van der Waals surface area contributed by atoms with Crippen molar-refractivity contribution in [2.24, 2.45) is 0 Å². The van der Waals surface area contributed by atoms with Crippen LogP contribution in [0, 0.1) is 0 Å². The van der Waals surface area contributed by atoms with Gasteiger partial charge in [0.15, 0.2) is 0 Å². The van der Waals surface area contributed by atoms with Crippen LogP contribution in [0.4, 0.5) is 5.69 Å². The third kappa shape index (κ3) is 2.71. The molecule has 2 rings (SSSR count). The van der Waals surface area contributed by atoms with Crippen molar-refractivity contribution >= 4 is 27.5 Å². The van der Waals surface area contributed by atoms with Crippen molar-refractivity contribution in [3.05, 3.63) is 58.8 Å². The normalized spacial score (nSPS) is 10.0. The molecule has 0 atom stereocenters. The highest BCUT2D eigenvalue weighted by molar-refractivity contribution is 9.10. The number of hydrogen-bond donors (Lipinski definition) is 0. The predicted molar refractivity (Wildman–Crippen MR) is 71.1 cm³/mol. The first-order valence-electron chi connectivity index (χ1n) is 5.13. The number of carbonyl (C=O) groups is 1. The maximum atomic E-state index is 12.1. The molecule has 0 aliphatic heterocycles. The molecule has 0 bridgehead atoms. The van der Waals surface area contributed by atoms with Crippen LogP contribution >= 0.6 is 15.9 Å². The molecular weight excluding hydrogens is 280 g/mol. The van der Waals surface area contributed by atoms with Crippen molar-refractivity contribution in [2.75, 3.05) is 11.9 Å². The number of amides is 1. The number of hydrogen-bond acceptors (Lipinski definition) is 2. The van der Waals surface area contributed by atoms with Gasteiger partial charge in [0.1, 0.15) is 4.60 Å². The van der Waals surface area contributed by atoms with Crippen LogP contribution < -0.4 is 4.90 Å². The highest BCUT2D eigenvalue weighted by atomic mass is 79.9. The number of nitrogens with zero attached hydrogens (tertiary/aromatic N) is 2. The van der Waals surface area contributed by atoms with Gasteiger partial charge in [-0.25, -0.2) is 4.98 Å². The molecular formula is C13H11BrN2O. The van der Waals surface area contributed by atoms with Gasteiger partial charge in [-0.3, -0.25) is 4.79 Å². The molecule has 1 amide bonds. The van der Waals surface area contributed by atoms with Gasteiger partial charge in [0.05, 0.1) is 5.56 Å². The van der Waals surface area contributed by atoms with Gasteiger partial charge < -0.3 is 4.90 Å². The van der Waals surface area contributed by atoms with Crippen LogP contribution in [0.5, 0.6) is 0 Å². The number of para-hydroxylation sites is 1. The predicted octanol–water partition coefficient (Wildman–Crippen LogP) is 3.12. The molecule has 4 heteroatoms. The molecule has 0 saturated heterocycles. The molecule has 0 N–H and O–H groups in total. The lowest BCUT2D eigenvalue weighted by atomic mass is 10.2. The Balaban J connectivity index is 2.23. The Morgan fingerprint density at radius 3 is 2.47 bits per heavy atom. The van der Waals surface area contributed by atoms with E-state index in [1.807, 2.05) is 30.3 Å². The first kappa shape index (κ1) is 11.8. The summed E-state index contributed by atoms with van der Waals surface area (Å²) in [6.45, 7) is 0. The lowest BCUT2D eigenvalue weighted by Gasteiger charge is -2.16. The minimum Gasteiger partial charge on any atom is -0.311 e. The minimum absolute atomic E-state index is 0.0730. The largest absolute Gasteiger partial charge is 0.311 e. The van der Waals surface area contributed by atoms with Crippen LogP contribution in [0.1, 0.15) is 10.4 Å². The SMILES string of the molecule is CN(C(=O)c1ccc(Br)nc1)c1ccccc1. The number of rotatable bonds is 2. The zero-order chi connectivity index (χ0) is 12.3. The Kier molecular flexibility index (Phi) is 3.54. The van der Waals surface area contributed by atoms with E-state index in [1.54, 1.807) is 30.3 Å². The summed E-state index contributed by atoms with van der Waals surface area (Å²) in [4.78, 5) is 17.8. The third-order valence-corrected chi connectivity index (χ3v) is 2.89. The fourth-order valence-electron chi connectivity index (χ4n) is 1.46. The molecule has 0 spiro atoms. The number of aromatic nitrogens is 1. The maximum absolute atomic E-state index is 12.1. The van der Waals surface area contributed by atoms with Gasteiger partial charge in [-0.15, -0.1) is 0 Å². The number of halogens is 1. The number of anilines is 1. The summed E-state index contributed by atoms with van der Waals surface area (Å²) >= 11 is 3.24. The van der Waals surface area contributed by atoms with E-state index in [4.69, 9.17) is 0 Å². The summed E-state index contributed by atoms with van der Waals surface area (Å²) < 4.78 is 0.719. The second-order valence-corrected chi connectivity index (χ2v) is 4.38. The summed E-state index contributed by atoms with van der Waals surface area (Å²) in [7, 11) is 1.75. The van der Waals surface area contributed by atoms with Gasteiger partial charge >= 0.3 is 0 Å². The summed E-state index contributed by atoms with van der Waals surface area (Å²) in [6.07, 6.45) is 1.56. The first-order chi connectivity index (χ1) is 8.18. The molecule has 17 heavy (non-hydrogen) atoms. The molecule has 1 aromatic heterocycles. The highest BCUT2D eigenvalue weighted by Crippen LogP contribution is 2.15. The molecule has 0 aliphatic rings. The van der Waals surface area contributed by atoms with Crippen molar-refractivity contribution in [1.29, 1.82) is 0 Å². The fourth-order valence-corrected chi connectivity index (χ4v) is 1.70. The van der Waals surface area contributed by atoms with Crippen LogP contribution in [0.15, 0.2) is 53.3 Å². The summed E-state index contributed by atoms with van der Waals surface area (Å²) in [5.74, 6) is -0.0730. The van der Waals surface area contributed by atoms with Crippen molar-refractivity contribution < 1.29 is 4.79 Å². The van der Waals surface area contributed by atoms with Crippen LogP contribution in [-0.2, 0) is 0 Å². The van der Waals surface area contributed by atoms with Crippen molar-refractivity contribution in [3.63, 3.8) is 0 Å². The van der Waals surface area contributed by atoms with E-state index in [0.717, 1.165) is 10.3 Å². The van der Waals surface area contributed by atoms with Crippen molar-refractivity contribution in [3.8, 4) is 0 Å². The Morgan fingerprint density at radius 1 is 1.18 bits per heavy atom. The van der Waals surface area contributed by atoms with Crippen LogP contribution in [0.3, 0.4) is 0 Å². The monoisotopic (exact) mass is 290 g/mol.